The number of aliphatic carboxylic acids is 1. The molecule has 2 rings (SSSR count). The van der Waals surface area contributed by atoms with Gasteiger partial charge in [-0.15, -0.1) is 11.3 Å². The van der Waals surface area contributed by atoms with Gasteiger partial charge in [-0.1, -0.05) is 23.2 Å². The zero-order valence-corrected chi connectivity index (χ0v) is 13.8. The number of piperidine rings is 1. The number of amides is 1. The molecule has 0 radical (unpaired) electrons. The molecule has 116 valence electrons. The molecule has 1 aliphatic heterocycles. The first kappa shape index (κ1) is 16.6. The minimum absolute atomic E-state index is 0.0838. The SMILES string of the molecule is O=C(O)[C@H]1CCCCN1C(=O)CCCc1cc(Cl)sc1Cl. The van der Waals surface area contributed by atoms with Crippen LogP contribution in [-0.2, 0) is 16.0 Å². The zero-order chi connectivity index (χ0) is 15.4. The van der Waals surface area contributed by atoms with E-state index in [0.29, 0.717) is 40.9 Å². The Kier molecular flexibility index (Phi) is 5.90. The molecule has 1 fully saturated rings. The fourth-order valence-corrected chi connectivity index (χ4v) is 4.15. The molecule has 4 nitrogen and oxygen atoms in total. The fourth-order valence-electron chi connectivity index (χ4n) is 2.61. The number of carbonyl (C=O) groups excluding carboxylic acids is 1. The van der Waals surface area contributed by atoms with Crippen LogP contribution in [0.4, 0.5) is 0 Å². The molecule has 21 heavy (non-hydrogen) atoms. The van der Waals surface area contributed by atoms with Gasteiger partial charge in [-0.3, -0.25) is 4.79 Å². The summed E-state index contributed by atoms with van der Waals surface area (Å²) in [6.45, 7) is 0.542. The molecule has 1 saturated heterocycles. The van der Waals surface area contributed by atoms with Crippen LogP contribution in [0, 0.1) is 0 Å². The van der Waals surface area contributed by atoms with Gasteiger partial charge in [-0.2, -0.15) is 0 Å². The predicted octanol–water partition coefficient (Wildman–Crippen LogP) is 3.84. The van der Waals surface area contributed by atoms with Crippen LogP contribution in [0.1, 0.15) is 37.7 Å². The van der Waals surface area contributed by atoms with Gasteiger partial charge in [-0.25, -0.2) is 4.79 Å². The Labute approximate surface area is 137 Å². The number of halogens is 2. The summed E-state index contributed by atoms with van der Waals surface area (Å²) in [5, 5.41) is 9.18. The number of hydrogen-bond acceptors (Lipinski definition) is 3. The number of thiophene rings is 1. The molecule has 1 amide bonds. The number of likely N-dealkylation sites (tertiary alicyclic amines) is 1. The average molecular weight is 350 g/mol. The molecule has 0 spiro atoms. The average Bonchev–Trinajstić information content (AvgIpc) is 2.77. The highest BCUT2D eigenvalue weighted by Gasteiger charge is 2.31. The molecule has 1 aliphatic rings. The Hall–Kier alpha value is -0.780. The van der Waals surface area contributed by atoms with Crippen molar-refractivity contribution >= 4 is 46.4 Å². The molecule has 1 aromatic rings. The van der Waals surface area contributed by atoms with Crippen molar-refractivity contribution in [1.29, 1.82) is 0 Å². The third-order valence-corrected chi connectivity index (χ3v) is 5.24. The molecule has 0 bridgehead atoms. The monoisotopic (exact) mass is 349 g/mol. The number of rotatable bonds is 5. The van der Waals surface area contributed by atoms with Crippen molar-refractivity contribution in [3.63, 3.8) is 0 Å². The van der Waals surface area contributed by atoms with Crippen LogP contribution < -0.4 is 0 Å². The quantitative estimate of drug-likeness (QED) is 0.878. The van der Waals surface area contributed by atoms with Gasteiger partial charge in [0.2, 0.25) is 5.91 Å². The van der Waals surface area contributed by atoms with Crippen molar-refractivity contribution in [2.45, 2.75) is 44.6 Å². The summed E-state index contributed by atoms with van der Waals surface area (Å²) in [5.74, 6) is -0.991. The molecule has 2 heterocycles. The van der Waals surface area contributed by atoms with Gasteiger partial charge in [0.25, 0.3) is 0 Å². The van der Waals surface area contributed by atoms with Crippen molar-refractivity contribution in [1.82, 2.24) is 4.90 Å². The molecule has 0 aliphatic carbocycles. The fraction of sp³-hybridized carbons (Fsp3) is 0.571. The van der Waals surface area contributed by atoms with Crippen LogP contribution in [0.25, 0.3) is 0 Å². The minimum atomic E-state index is -0.907. The number of carboxylic acids is 1. The van der Waals surface area contributed by atoms with E-state index in [-0.39, 0.29) is 5.91 Å². The number of aryl methyl sites for hydroxylation is 1. The van der Waals surface area contributed by atoms with Crippen LogP contribution in [0.3, 0.4) is 0 Å². The van der Waals surface area contributed by atoms with Gasteiger partial charge in [0.1, 0.15) is 6.04 Å². The lowest BCUT2D eigenvalue weighted by Gasteiger charge is -2.33. The highest BCUT2D eigenvalue weighted by molar-refractivity contribution is 7.20. The number of hydrogen-bond donors (Lipinski definition) is 1. The summed E-state index contributed by atoms with van der Waals surface area (Å²) < 4.78 is 1.30. The van der Waals surface area contributed by atoms with Gasteiger partial charge >= 0.3 is 5.97 Å². The molecule has 0 unspecified atom stereocenters. The third-order valence-electron chi connectivity index (χ3n) is 3.67. The molecule has 0 saturated carbocycles. The highest BCUT2D eigenvalue weighted by atomic mass is 35.5. The van der Waals surface area contributed by atoms with Crippen molar-refractivity contribution in [2.75, 3.05) is 6.54 Å². The smallest absolute Gasteiger partial charge is 0.326 e. The standard InChI is InChI=1S/C14H17Cl2NO3S/c15-11-8-9(13(16)21-11)4-3-6-12(18)17-7-2-1-5-10(17)14(19)20/h8,10H,1-7H2,(H,19,20)/t10-/m1/s1. The lowest BCUT2D eigenvalue weighted by atomic mass is 10.0. The Bertz CT molecular complexity index is 532. The van der Waals surface area contributed by atoms with E-state index < -0.39 is 12.0 Å². The van der Waals surface area contributed by atoms with Crippen LogP contribution in [0.2, 0.25) is 8.67 Å². The Morgan fingerprint density at radius 1 is 1.38 bits per heavy atom. The van der Waals surface area contributed by atoms with Crippen LogP contribution in [0.5, 0.6) is 0 Å². The van der Waals surface area contributed by atoms with Gasteiger partial charge in [0.15, 0.2) is 0 Å². The van der Waals surface area contributed by atoms with Gasteiger partial charge < -0.3 is 10.0 Å². The van der Waals surface area contributed by atoms with Crippen molar-refractivity contribution in [3.8, 4) is 0 Å². The van der Waals surface area contributed by atoms with Crippen molar-refractivity contribution in [2.24, 2.45) is 0 Å². The van der Waals surface area contributed by atoms with Crippen LogP contribution >= 0.6 is 34.5 Å². The third kappa shape index (κ3) is 4.34. The zero-order valence-electron chi connectivity index (χ0n) is 11.5. The topological polar surface area (TPSA) is 57.6 Å². The molecule has 7 heteroatoms. The van der Waals surface area contributed by atoms with E-state index in [9.17, 15) is 14.7 Å². The first-order valence-corrected chi connectivity index (χ1v) is 8.52. The first-order valence-electron chi connectivity index (χ1n) is 6.95. The summed E-state index contributed by atoms with van der Waals surface area (Å²) in [5.41, 5.74) is 0.952. The molecule has 1 N–H and O–H groups in total. The van der Waals surface area contributed by atoms with Crippen LogP contribution in [-0.4, -0.2) is 34.5 Å². The maximum Gasteiger partial charge on any atom is 0.326 e. The Morgan fingerprint density at radius 3 is 2.76 bits per heavy atom. The van der Waals surface area contributed by atoms with Gasteiger partial charge in [0, 0.05) is 13.0 Å². The highest BCUT2D eigenvalue weighted by Crippen LogP contribution is 2.32. The van der Waals surface area contributed by atoms with E-state index in [1.54, 1.807) is 0 Å². The Morgan fingerprint density at radius 2 is 2.14 bits per heavy atom. The lowest BCUT2D eigenvalue weighted by molar-refractivity contribution is -0.152. The molecular formula is C14H17Cl2NO3S. The molecule has 1 atom stereocenters. The molecule has 0 aromatic carbocycles. The lowest BCUT2D eigenvalue weighted by Crippen LogP contribution is -2.47. The summed E-state index contributed by atoms with van der Waals surface area (Å²) in [6, 6.07) is 1.16. The maximum absolute atomic E-state index is 12.2. The summed E-state index contributed by atoms with van der Waals surface area (Å²) >= 11 is 13.2. The Balaban J connectivity index is 1.86. The second-order valence-electron chi connectivity index (χ2n) is 5.14. The van der Waals surface area contributed by atoms with Gasteiger partial charge in [0.05, 0.1) is 8.67 Å². The van der Waals surface area contributed by atoms with E-state index in [1.807, 2.05) is 6.07 Å². The minimum Gasteiger partial charge on any atom is -0.480 e. The van der Waals surface area contributed by atoms with E-state index in [4.69, 9.17) is 23.2 Å². The second kappa shape index (κ2) is 7.47. The van der Waals surface area contributed by atoms with E-state index in [2.05, 4.69) is 0 Å². The van der Waals surface area contributed by atoms with Crippen molar-refractivity contribution in [3.05, 3.63) is 20.3 Å². The maximum atomic E-state index is 12.2. The summed E-state index contributed by atoms with van der Waals surface area (Å²) in [7, 11) is 0. The van der Waals surface area contributed by atoms with Crippen molar-refractivity contribution < 1.29 is 14.7 Å². The summed E-state index contributed by atoms with van der Waals surface area (Å²) in [6.07, 6.45) is 3.96. The summed E-state index contributed by atoms with van der Waals surface area (Å²) in [4.78, 5) is 24.9. The van der Waals surface area contributed by atoms with E-state index >= 15 is 0 Å². The largest absolute Gasteiger partial charge is 0.480 e. The van der Waals surface area contributed by atoms with E-state index in [0.717, 1.165) is 18.4 Å². The van der Waals surface area contributed by atoms with E-state index in [1.165, 1.54) is 16.2 Å². The number of nitrogens with zero attached hydrogens (tertiary/aromatic N) is 1. The number of carboxylic acid groups (broad SMARTS) is 1. The number of carbonyl (C=O) groups is 2. The second-order valence-corrected chi connectivity index (χ2v) is 7.43. The molecular weight excluding hydrogens is 333 g/mol. The first-order chi connectivity index (χ1) is 9.99. The predicted molar refractivity (Wildman–Crippen MR) is 84.3 cm³/mol. The normalized spacial score (nSPS) is 18.8. The van der Waals surface area contributed by atoms with Crippen LogP contribution in [0.15, 0.2) is 6.07 Å². The molecule has 1 aromatic heterocycles. The van der Waals surface area contributed by atoms with Gasteiger partial charge in [-0.05, 0) is 43.7 Å².